The van der Waals surface area contributed by atoms with Crippen LogP contribution in [0.15, 0.2) is 36.4 Å². The van der Waals surface area contributed by atoms with Crippen LogP contribution in [0.1, 0.15) is 39.2 Å². The fourth-order valence-corrected chi connectivity index (χ4v) is 7.19. The van der Waals surface area contributed by atoms with Crippen LogP contribution in [0, 0.1) is 0 Å². The van der Waals surface area contributed by atoms with Crippen molar-refractivity contribution in [3.05, 3.63) is 53.1 Å². The maximum Gasteiger partial charge on any atom is 0.264 e. The zero-order chi connectivity index (χ0) is 26.1. The molecule has 0 saturated heterocycles. The second-order valence-electron chi connectivity index (χ2n) is 7.69. The number of carbonyl (C=O) groups excluding carboxylic acids is 2. The summed E-state index contributed by atoms with van der Waals surface area (Å²) in [6.45, 7) is 2.14. The minimum Gasteiger partial charge on any atom is -0.493 e. The van der Waals surface area contributed by atoms with Gasteiger partial charge in [0.15, 0.2) is 11.5 Å². The number of methoxy groups -OCH3 is 1. The Morgan fingerprint density at radius 3 is 2.29 bits per heavy atom. The third-order valence-corrected chi connectivity index (χ3v) is 8.92. The number of benzene rings is 2. The van der Waals surface area contributed by atoms with Gasteiger partial charge in [0.1, 0.15) is 11.0 Å². The van der Waals surface area contributed by atoms with Crippen molar-refractivity contribution < 1.29 is 35.9 Å². The molecule has 0 bridgehead atoms. The molecule has 10 nitrogen and oxygen atoms in total. The van der Waals surface area contributed by atoms with Gasteiger partial charge < -0.3 is 9.47 Å². The molecule has 0 fully saturated rings. The highest BCUT2D eigenvalue weighted by atomic mass is 32.3. The van der Waals surface area contributed by atoms with Gasteiger partial charge in [-0.2, -0.15) is 3.71 Å². The van der Waals surface area contributed by atoms with E-state index in [4.69, 9.17) is 9.47 Å². The number of anilines is 1. The molecular weight excluding hydrogens is 516 g/mol. The van der Waals surface area contributed by atoms with E-state index in [1.807, 2.05) is 0 Å². The summed E-state index contributed by atoms with van der Waals surface area (Å²) in [6.07, 6.45) is 3.48. The Bertz CT molecular complexity index is 1330. The number of amides is 2. The van der Waals surface area contributed by atoms with Gasteiger partial charge in [0.25, 0.3) is 11.8 Å². The molecule has 3 unspecified atom stereocenters. The van der Waals surface area contributed by atoms with E-state index in [2.05, 4.69) is 0 Å². The minimum absolute atomic E-state index is 0.0305. The van der Waals surface area contributed by atoms with E-state index < -0.39 is 49.7 Å². The normalized spacial score (nSPS) is 16.0. The van der Waals surface area contributed by atoms with E-state index in [9.17, 15) is 26.4 Å². The van der Waals surface area contributed by atoms with E-state index in [0.717, 1.165) is 17.4 Å². The largest absolute Gasteiger partial charge is 0.493 e. The van der Waals surface area contributed by atoms with Crippen molar-refractivity contribution in [1.29, 1.82) is 0 Å². The number of hydrogen-bond donors (Lipinski definition) is 0. The molecule has 0 saturated carbocycles. The number of imide groups is 1. The summed E-state index contributed by atoms with van der Waals surface area (Å²) < 4.78 is 60.8. The molecule has 0 N–H and O–H groups in total. The highest BCUT2D eigenvalue weighted by Gasteiger charge is 2.44. The molecule has 3 rings (SSSR count). The zero-order valence-electron chi connectivity index (χ0n) is 19.8. The number of rotatable bonds is 10. The molecule has 3 atom stereocenters. The SMILES string of the molecule is CCOc1cc(C(CS(C)=O)N2C(=O)c3cccc(N(S(C)=O)S(C)(=O)=O)c3C2=O)ccc1OC. The van der Waals surface area contributed by atoms with Gasteiger partial charge in [-0.3, -0.25) is 18.7 Å². The summed E-state index contributed by atoms with van der Waals surface area (Å²) >= 11 is 0. The van der Waals surface area contributed by atoms with E-state index in [1.54, 1.807) is 25.1 Å². The fourth-order valence-electron chi connectivity index (χ4n) is 3.94. The summed E-state index contributed by atoms with van der Waals surface area (Å²) in [5.74, 6) is -0.670. The molecule has 13 heteroatoms. The zero-order valence-corrected chi connectivity index (χ0v) is 22.3. The number of sulfonamides is 1. The van der Waals surface area contributed by atoms with Crippen LogP contribution in [0.2, 0.25) is 0 Å². The third kappa shape index (κ3) is 5.26. The van der Waals surface area contributed by atoms with Crippen molar-refractivity contribution in [3.8, 4) is 11.5 Å². The van der Waals surface area contributed by atoms with Gasteiger partial charge in [0, 0.05) is 29.1 Å². The van der Waals surface area contributed by atoms with Crippen LogP contribution in [-0.2, 0) is 31.8 Å². The maximum atomic E-state index is 13.6. The van der Waals surface area contributed by atoms with Crippen molar-refractivity contribution in [1.82, 2.24) is 4.90 Å². The molecule has 0 aliphatic carbocycles. The van der Waals surface area contributed by atoms with Gasteiger partial charge >= 0.3 is 0 Å². The predicted octanol–water partition coefficient (Wildman–Crippen LogP) is 1.87. The van der Waals surface area contributed by atoms with Crippen LogP contribution < -0.4 is 13.2 Å². The molecule has 0 radical (unpaired) electrons. The monoisotopic (exact) mass is 542 g/mol. The van der Waals surface area contributed by atoms with Crippen LogP contribution in [0.25, 0.3) is 0 Å². The summed E-state index contributed by atoms with van der Waals surface area (Å²) in [5, 5.41) is 0. The molecule has 2 aromatic carbocycles. The highest BCUT2D eigenvalue weighted by molar-refractivity contribution is 8.06. The molecule has 2 aromatic rings. The Hall–Kier alpha value is -2.77. The Kier molecular flexibility index (Phi) is 8.02. The molecule has 0 aromatic heterocycles. The number of ether oxygens (including phenoxy) is 2. The first-order valence-electron chi connectivity index (χ1n) is 10.4. The second-order valence-corrected chi connectivity index (χ2v) is 12.4. The van der Waals surface area contributed by atoms with E-state index >= 15 is 0 Å². The molecule has 35 heavy (non-hydrogen) atoms. The molecule has 1 aliphatic rings. The van der Waals surface area contributed by atoms with Crippen LogP contribution in [0.5, 0.6) is 11.5 Å². The van der Waals surface area contributed by atoms with Crippen molar-refractivity contribution >= 4 is 49.3 Å². The van der Waals surface area contributed by atoms with Gasteiger partial charge in [-0.1, -0.05) is 12.1 Å². The lowest BCUT2D eigenvalue weighted by Crippen LogP contribution is -2.37. The van der Waals surface area contributed by atoms with Crippen LogP contribution in [0.4, 0.5) is 5.69 Å². The lowest BCUT2D eigenvalue weighted by molar-refractivity contribution is 0.0598. The van der Waals surface area contributed by atoms with Gasteiger partial charge in [0.2, 0.25) is 10.0 Å². The Balaban J connectivity index is 2.18. The number of fused-ring (bicyclic) bond motifs is 1. The first kappa shape index (κ1) is 26.8. The van der Waals surface area contributed by atoms with Gasteiger partial charge in [-0.05, 0) is 36.8 Å². The predicted molar refractivity (Wildman–Crippen MR) is 134 cm³/mol. The first-order valence-corrected chi connectivity index (χ1v) is 15.5. The minimum atomic E-state index is -4.04. The second kappa shape index (κ2) is 10.5. The van der Waals surface area contributed by atoms with Crippen LogP contribution in [0.3, 0.4) is 0 Å². The molecular formula is C22H26N2O8S3. The van der Waals surface area contributed by atoms with Crippen molar-refractivity contribution in [2.75, 3.05) is 41.9 Å². The Morgan fingerprint density at radius 2 is 1.74 bits per heavy atom. The van der Waals surface area contributed by atoms with Gasteiger partial charge in [0.05, 0.1) is 42.8 Å². The van der Waals surface area contributed by atoms with Crippen molar-refractivity contribution in [2.45, 2.75) is 13.0 Å². The molecule has 0 spiro atoms. The quantitative estimate of drug-likeness (QED) is 0.417. The Morgan fingerprint density at radius 1 is 1.06 bits per heavy atom. The van der Waals surface area contributed by atoms with E-state index in [-0.39, 0.29) is 22.6 Å². The van der Waals surface area contributed by atoms with Crippen molar-refractivity contribution in [2.24, 2.45) is 0 Å². The number of hydrogen-bond acceptors (Lipinski definition) is 8. The maximum absolute atomic E-state index is 13.6. The smallest absolute Gasteiger partial charge is 0.264 e. The summed E-state index contributed by atoms with van der Waals surface area (Å²) in [6, 6.07) is 8.09. The average molecular weight is 543 g/mol. The van der Waals surface area contributed by atoms with Crippen LogP contribution in [-0.4, -0.2) is 71.8 Å². The molecule has 1 aliphatic heterocycles. The number of carbonyl (C=O) groups is 2. The fraction of sp³-hybridized carbons (Fsp3) is 0.364. The lowest BCUT2D eigenvalue weighted by Gasteiger charge is -2.27. The molecule has 2 amide bonds. The van der Waals surface area contributed by atoms with E-state index in [0.29, 0.717) is 27.4 Å². The van der Waals surface area contributed by atoms with Crippen LogP contribution >= 0.6 is 0 Å². The lowest BCUT2D eigenvalue weighted by atomic mass is 10.1. The van der Waals surface area contributed by atoms with Gasteiger partial charge in [-0.25, -0.2) is 12.6 Å². The summed E-state index contributed by atoms with van der Waals surface area (Å²) in [7, 11) is -6.00. The summed E-state index contributed by atoms with van der Waals surface area (Å²) in [5.41, 5.74) is 0.118. The molecule has 190 valence electrons. The Labute approximate surface area is 209 Å². The average Bonchev–Trinajstić information content (AvgIpc) is 3.02. The van der Waals surface area contributed by atoms with Gasteiger partial charge in [-0.15, -0.1) is 0 Å². The molecule has 1 heterocycles. The van der Waals surface area contributed by atoms with E-state index in [1.165, 1.54) is 31.6 Å². The number of nitrogens with zero attached hydrogens (tertiary/aromatic N) is 2. The standard InChI is InChI=1S/C22H26N2O8S3/c1-6-32-19-12-14(10-11-18(19)31-2)17(13-33(3)27)23-21(25)15-8-7-9-16(20(15)22(23)26)24(34(4)28)35(5,29)30/h7-12,17H,6,13H2,1-5H3. The summed E-state index contributed by atoms with van der Waals surface area (Å²) in [4.78, 5) is 28.0. The third-order valence-electron chi connectivity index (χ3n) is 5.23. The first-order chi connectivity index (χ1) is 16.4. The topological polar surface area (TPSA) is 127 Å². The highest BCUT2D eigenvalue weighted by Crippen LogP contribution is 2.39. The van der Waals surface area contributed by atoms with Crippen molar-refractivity contribution in [3.63, 3.8) is 0 Å².